The Balaban J connectivity index is 1.88. The van der Waals surface area contributed by atoms with Gasteiger partial charge in [0.25, 0.3) is 0 Å². The minimum Gasteiger partial charge on any atom is -0.399 e. The van der Waals surface area contributed by atoms with Crippen LogP contribution in [-0.2, 0) is 0 Å². The lowest BCUT2D eigenvalue weighted by Crippen LogP contribution is -2.17. The molecule has 0 unspecified atom stereocenters. The second-order valence-corrected chi connectivity index (χ2v) is 4.62. The first-order valence-electron chi connectivity index (χ1n) is 6.04. The lowest BCUT2D eigenvalue weighted by atomic mass is 9.89. The maximum Gasteiger partial charge on any atom is 0.148 e. The first-order chi connectivity index (χ1) is 7.75. The van der Waals surface area contributed by atoms with Crippen LogP contribution in [0.5, 0.6) is 0 Å². The molecule has 0 amide bonds. The number of nitrogens with two attached hydrogens (primary N) is 1. The zero-order valence-corrected chi connectivity index (χ0v) is 9.51. The molecule has 1 aliphatic carbocycles. The Morgan fingerprint density at radius 3 is 2.69 bits per heavy atom. The van der Waals surface area contributed by atoms with Gasteiger partial charge in [-0.3, -0.25) is 0 Å². The predicted octanol–water partition coefficient (Wildman–Crippen LogP) is 3.40. The van der Waals surface area contributed by atoms with Gasteiger partial charge in [0.2, 0.25) is 0 Å². The monoisotopic (exact) mass is 222 g/mol. The van der Waals surface area contributed by atoms with Crippen molar-refractivity contribution in [3.05, 3.63) is 24.0 Å². The molecule has 88 valence electrons. The number of nitrogen functional groups attached to an aromatic ring is 1. The highest BCUT2D eigenvalue weighted by Crippen LogP contribution is 2.24. The summed E-state index contributed by atoms with van der Waals surface area (Å²) in [4.78, 5) is 0. The van der Waals surface area contributed by atoms with Crippen molar-refractivity contribution in [2.45, 2.75) is 32.1 Å². The van der Waals surface area contributed by atoms with Gasteiger partial charge < -0.3 is 11.1 Å². The Bertz CT molecular complexity index is 346. The van der Waals surface area contributed by atoms with E-state index in [9.17, 15) is 4.39 Å². The van der Waals surface area contributed by atoms with Gasteiger partial charge in [0.1, 0.15) is 5.82 Å². The van der Waals surface area contributed by atoms with Gasteiger partial charge in [-0.05, 0) is 37.0 Å². The van der Waals surface area contributed by atoms with Gasteiger partial charge in [0.05, 0.1) is 5.69 Å². The van der Waals surface area contributed by atoms with Crippen LogP contribution in [0.25, 0.3) is 0 Å². The highest BCUT2D eigenvalue weighted by atomic mass is 19.1. The molecule has 1 fully saturated rings. The molecular weight excluding hydrogens is 203 g/mol. The third kappa shape index (κ3) is 2.87. The van der Waals surface area contributed by atoms with Gasteiger partial charge in [-0.2, -0.15) is 0 Å². The summed E-state index contributed by atoms with van der Waals surface area (Å²) in [7, 11) is 0. The van der Waals surface area contributed by atoms with E-state index in [1.807, 2.05) is 0 Å². The number of anilines is 2. The zero-order valence-electron chi connectivity index (χ0n) is 9.51. The Hall–Kier alpha value is -1.25. The Kier molecular flexibility index (Phi) is 3.65. The molecule has 0 aliphatic heterocycles. The molecule has 0 atom stereocenters. The molecule has 0 spiro atoms. The molecule has 0 heterocycles. The minimum atomic E-state index is -0.254. The number of hydrogen-bond acceptors (Lipinski definition) is 2. The average molecular weight is 222 g/mol. The molecule has 0 saturated heterocycles. The third-order valence-corrected chi connectivity index (χ3v) is 3.30. The maximum absolute atomic E-state index is 13.5. The van der Waals surface area contributed by atoms with Crippen molar-refractivity contribution < 1.29 is 4.39 Å². The first kappa shape index (κ1) is 11.2. The van der Waals surface area contributed by atoms with Crippen LogP contribution in [0.2, 0.25) is 0 Å². The Morgan fingerprint density at radius 1 is 1.25 bits per heavy atom. The summed E-state index contributed by atoms with van der Waals surface area (Å²) < 4.78 is 13.5. The van der Waals surface area contributed by atoms with Gasteiger partial charge in [-0.25, -0.2) is 4.39 Å². The lowest BCUT2D eigenvalue weighted by Gasteiger charge is -2.22. The highest BCUT2D eigenvalue weighted by Gasteiger charge is 2.13. The molecule has 2 rings (SSSR count). The summed E-state index contributed by atoms with van der Waals surface area (Å²) in [5, 5.41) is 3.18. The minimum absolute atomic E-state index is 0.254. The molecule has 1 aromatic rings. The average Bonchev–Trinajstić information content (AvgIpc) is 2.29. The van der Waals surface area contributed by atoms with Gasteiger partial charge in [-0.1, -0.05) is 19.3 Å². The van der Waals surface area contributed by atoms with Crippen LogP contribution < -0.4 is 11.1 Å². The lowest BCUT2D eigenvalue weighted by molar-refractivity contribution is 0.373. The quantitative estimate of drug-likeness (QED) is 0.769. The molecule has 0 radical (unpaired) electrons. The van der Waals surface area contributed by atoms with Crippen molar-refractivity contribution in [2.75, 3.05) is 17.6 Å². The predicted molar refractivity (Wildman–Crippen MR) is 65.9 cm³/mol. The number of nitrogens with one attached hydrogen (secondary N) is 1. The van der Waals surface area contributed by atoms with Crippen molar-refractivity contribution in [2.24, 2.45) is 5.92 Å². The van der Waals surface area contributed by atoms with Crippen LogP contribution in [0, 0.1) is 11.7 Å². The van der Waals surface area contributed by atoms with Crippen molar-refractivity contribution in [1.29, 1.82) is 0 Å². The van der Waals surface area contributed by atoms with Crippen LogP contribution in [0.1, 0.15) is 32.1 Å². The highest BCUT2D eigenvalue weighted by molar-refractivity contribution is 5.52. The maximum atomic E-state index is 13.5. The SMILES string of the molecule is Nc1ccc(NCC2CCCCC2)c(F)c1. The van der Waals surface area contributed by atoms with Crippen LogP contribution in [0.15, 0.2) is 18.2 Å². The van der Waals surface area contributed by atoms with Crippen LogP contribution in [0.3, 0.4) is 0 Å². The molecule has 3 heteroatoms. The molecule has 3 N–H and O–H groups in total. The molecule has 0 aromatic heterocycles. The summed E-state index contributed by atoms with van der Waals surface area (Å²) in [6.07, 6.45) is 6.52. The number of benzene rings is 1. The molecule has 1 aromatic carbocycles. The van der Waals surface area contributed by atoms with E-state index >= 15 is 0 Å². The van der Waals surface area contributed by atoms with Crippen molar-refractivity contribution in [3.63, 3.8) is 0 Å². The molecule has 0 bridgehead atoms. The smallest absolute Gasteiger partial charge is 0.148 e. The van der Waals surface area contributed by atoms with E-state index in [4.69, 9.17) is 5.73 Å². The Labute approximate surface area is 96.0 Å². The first-order valence-corrected chi connectivity index (χ1v) is 6.04. The third-order valence-electron chi connectivity index (χ3n) is 3.30. The van der Waals surface area contributed by atoms with Crippen LogP contribution >= 0.6 is 0 Å². The molecule has 1 aliphatic rings. The fourth-order valence-corrected chi connectivity index (χ4v) is 2.32. The fourth-order valence-electron chi connectivity index (χ4n) is 2.32. The summed E-state index contributed by atoms with van der Waals surface area (Å²) in [6, 6.07) is 4.81. The Morgan fingerprint density at radius 2 is 2.00 bits per heavy atom. The van der Waals surface area contributed by atoms with E-state index < -0.39 is 0 Å². The second kappa shape index (κ2) is 5.19. The molecule has 16 heavy (non-hydrogen) atoms. The summed E-state index contributed by atoms with van der Waals surface area (Å²) in [5.41, 5.74) is 6.54. The molecule has 1 saturated carbocycles. The summed E-state index contributed by atoms with van der Waals surface area (Å²) >= 11 is 0. The van der Waals surface area contributed by atoms with Crippen molar-refractivity contribution in [1.82, 2.24) is 0 Å². The van der Waals surface area contributed by atoms with Crippen molar-refractivity contribution >= 4 is 11.4 Å². The molecule has 2 nitrogen and oxygen atoms in total. The van der Waals surface area contributed by atoms with E-state index in [1.54, 1.807) is 12.1 Å². The largest absolute Gasteiger partial charge is 0.399 e. The number of halogens is 1. The van der Waals surface area contributed by atoms with E-state index in [1.165, 1.54) is 38.2 Å². The normalized spacial score (nSPS) is 17.3. The molecular formula is C13H19FN2. The second-order valence-electron chi connectivity index (χ2n) is 4.62. The van der Waals surface area contributed by atoms with Gasteiger partial charge >= 0.3 is 0 Å². The van der Waals surface area contributed by atoms with Crippen molar-refractivity contribution in [3.8, 4) is 0 Å². The van der Waals surface area contributed by atoms with Gasteiger partial charge in [0.15, 0.2) is 0 Å². The van der Waals surface area contributed by atoms with Crippen LogP contribution in [-0.4, -0.2) is 6.54 Å². The standard InChI is InChI=1S/C13H19FN2/c14-12-8-11(15)6-7-13(12)16-9-10-4-2-1-3-5-10/h6-8,10,16H,1-5,9,15H2. The van der Waals surface area contributed by atoms with E-state index in [-0.39, 0.29) is 5.82 Å². The fraction of sp³-hybridized carbons (Fsp3) is 0.538. The van der Waals surface area contributed by atoms with Gasteiger partial charge in [-0.15, -0.1) is 0 Å². The zero-order chi connectivity index (χ0) is 11.4. The number of rotatable bonds is 3. The summed E-state index contributed by atoms with van der Waals surface area (Å²) in [5.74, 6) is 0.446. The van der Waals surface area contributed by atoms with Gasteiger partial charge in [0, 0.05) is 12.2 Å². The van der Waals surface area contributed by atoms with E-state index in [0.717, 1.165) is 6.54 Å². The summed E-state index contributed by atoms with van der Waals surface area (Å²) in [6.45, 7) is 0.876. The van der Waals surface area contributed by atoms with E-state index in [0.29, 0.717) is 17.3 Å². The topological polar surface area (TPSA) is 38.0 Å². The van der Waals surface area contributed by atoms with E-state index in [2.05, 4.69) is 5.32 Å². The van der Waals surface area contributed by atoms with Crippen LogP contribution in [0.4, 0.5) is 15.8 Å². The number of hydrogen-bond donors (Lipinski definition) is 2.